The molecule has 2 atom stereocenters. The van der Waals surface area contributed by atoms with Crippen molar-refractivity contribution in [1.29, 1.82) is 0 Å². The van der Waals surface area contributed by atoms with Gasteiger partial charge in [0.25, 0.3) is 0 Å². The van der Waals surface area contributed by atoms with Crippen molar-refractivity contribution in [2.75, 3.05) is 7.11 Å². The molecule has 0 radical (unpaired) electrons. The van der Waals surface area contributed by atoms with Crippen molar-refractivity contribution in [3.8, 4) is 0 Å². The smallest absolute Gasteiger partial charge is 0.335 e. The van der Waals surface area contributed by atoms with Crippen LogP contribution in [-0.2, 0) is 9.53 Å². The highest BCUT2D eigenvalue weighted by atomic mass is 16.5. The monoisotopic (exact) mass is 187 g/mol. The van der Waals surface area contributed by atoms with E-state index in [0.717, 1.165) is 6.42 Å². The summed E-state index contributed by atoms with van der Waals surface area (Å²) in [7, 11) is 1.17. The van der Waals surface area contributed by atoms with Crippen molar-refractivity contribution in [3.63, 3.8) is 0 Å². The summed E-state index contributed by atoms with van der Waals surface area (Å²) >= 11 is 0. The number of carbonyl (C=O) groups is 1. The summed E-state index contributed by atoms with van der Waals surface area (Å²) in [4.78, 5) is 13.4. The zero-order chi connectivity index (χ0) is 10.3. The number of hydrogen-bond donors (Lipinski definition) is 1. The minimum Gasteiger partial charge on any atom is -0.467 e. The highest BCUT2D eigenvalue weighted by molar-refractivity contribution is 5.75. The molecule has 0 aliphatic heterocycles. The van der Waals surface area contributed by atoms with Crippen molar-refractivity contribution in [1.82, 2.24) is 0 Å². The molecule has 0 saturated carbocycles. The zero-order valence-corrected chi connectivity index (χ0v) is 7.67. The van der Waals surface area contributed by atoms with E-state index < -0.39 is 18.1 Å². The Morgan fingerprint density at radius 2 is 2.38 bits per heavy atom. The molecule has 74 valence electrons. The van der Waals surface area contributed by atoms with Crippen LogP contribution in [0.25, 0.3) is 10.4 Å². The number of aliphatic hydroxyl groups excluding tert-OH is 1. The van der Waals surface area contributed by atoms with Gasteiger partial charge in [0.1, 0.15) is 0 Å². The Morgan fingerprint density at radius 3 is 2.77 bits per heavy atom. The number of hydrogen-bond acceptors (Lipinski definition) is 4. The number of carbonyl (C=O) groups excluding carboxylic acids is 1. The molecule has 0 spiro atoms. The molecule has 13 heavy (non-hydrogen) atoms. The first kappa shape index (κ1) is 11.7. The van der Waals surface area contributed by atoms with Crippen LogP contribution >= 0.6 is 0 Å². The minimum atomic E-state index is -1.36. The summed E-state index contributed by atoms with van der Waals surface area (Å²) in [6.07, 6.45) is -0.182. The fourth-order valence-electron chi connectivity index (χ4n) is 0.919. The third-order valence-corrected chi connectivity index (χ3v) is 1.59. The topological polar surface area (TPSA) is 95.3 Å². The number of aliphatic hydroxyl groups is 1. The Morgan fingerprint density at radius 1 is 1.77 bits per heavy atom. The number of nitrogens with zero attached hydrogens (tertiary/aromatic N) is 3. The van der Waals surface area contributed by atoms with Crippen molar-refractivity contribution in [3.05, 3.63) is 10.4 Å². The second kappa shape index (κ2) is 6.28. The van der Waals surface area contributed by atoms with Crippen LogP contribution in [0.2, 0.25) is 0 Å². The molecule has 0 aromatic heterocycles. The molecule has 0 bridgehead atoms. The molecule has 0 amide bonds. The summed E-state index contributed by atoms with van der Waals surface area (Å²) in [6, 6.07) is -0.734. The van der Waals surface area contributed by atoms with Gasteiger partial charge in [0.05, 0.1) is 13.2 Å². The van der Waals surface area contributed by atoms with Gasteiger partial charge in [-0.3, -0.25) is 0 Å². The molecule has 0 saturated heterocycles. The van der Waals surface area contributed by atoms with Gasteiger partial charge in [0, 0.05) is 4.91 Å². The fourth-order valence-corrected chi connectivity index (χ4v) is 0.919. The van der Waals surface area contributed by atoms with E-state index in [1.807, 2.05) is 6.92 Å². The standard InChI is InChI=1S/C7H13N3O3/c1-3-4-5(9-10-8)6(11)7(12)13-2/h5-6,11H,3-4H2,1-2H3. The van der Waals surface area contributed by atoms with Crippen LogP contribution in [0, 0.1) is 0 Å². The van der Waals surface area contributed by atoms with Crippen molar-refractivity contribution in [2.45, 2.75) is 31.9 Å². The van der Waals surface area contributed by atoms with E-state index in [4.69, 9.17) is 5.53 Å². The molecule has 0 fully saturated rings. The third-order valence-electron chi connectivity index (χ3n) is 1.59. The van der Waals surface area contributed by atoms with Gasteiger partial charge in [-0.2, -0.15) is 0 Å². The fraction of sp³-hybridized carbons (Fsp3) is 0.857. The summed E-state index contributed by atoms with van der Waals surface area (Å²) < 4.78 is 4.31. The van der Waals surface area contributed by atoms with Crippen LogP contribution in [-0.4, -0.2) is 30.3 Å². The van der Waals surface area contributed by atoms with Gasteiger partial charge in [0.2, 0.25) is 0 Å². The summed E-state index contributed by atoms with van der Waals surface area (Å²) in [5.41, 5.74) is 8.16. The van der Waals surface area contributed by atoms with Gasteiger partial charge in [-0.05, 0) is 12.0 Å². The van der Waals surface area contributed by atoms with Crippen LogP contribution in [0.4, 0.5) is 0 Å². The quantitative estimate of drug-likeness (QED) is 0.301. The van der Waals surface area contributed by atoms with E-state index in [1.165, 1.54) is 7.11 Å². The molecule has 2 unspecified atom stereocenters. The predicted molar refractivity (Wildman–Crippen MR) is 45.9 cm³/mol. The van der Waals surface area contributed by atoms with Crippen LogP contribution in [0.15, 0.2) is 5.11 Å². The van der Waals surface area contributed by atoms with Gasteiger partial charge in [-0.25, -0.2) is 4.79 Å². The van der Waals surface area contributed by atoms with Gasteiger partial charge < -0.3 is 9.84 Å². The molecule has 0 aromatic carbocycles. The molecule has 0 aliphatic rings. The number of azide groups is 1. The van der Waals surface area contributed by atoms with Crippen molar-refractivity contribution in [2.24, 2.45) is 5.11 Å². The van der Waals surface area contributed by atoms with Crippen LogP contribution < -0.4 is 0 Å². The Bertz CT molecular complexity index is 213. The molecular weight excluding hydrogens is 174 g/mol. The van der Waals surface area contributed by atoms with Crippen LogP contribution in [0.3, 0.4) is 0 Å². The Balaban J connectivity index is 4.34. The SMILES string of the molecule is CCCC(N=[N+]=[N-])C(O)C(=O)OC. The number of methoxy groups -OCH3 is 1. The first-order valence-corrected chi connectivity index (χ1v) is 3.97. The van der Waals surface area contributed by atoms with Crippen LogP contribution in [0.5, 0.6) is 0 Å². The lowest BCUT2D eigenvalue weighted by atomic mass is 10.1. The van der Waals surface area contributed by atoms with E-state index in [-0.39, 0.29) is 0 Å². The lowest BCUT2D eigenvalue weighted by molar-refractivity contribution is -0.151. The molecule has 0 heterocycles. The maximum Gasteiger partial charge on any atom is 0.335 e. The number of esters is 1. The lowest BCUT2D eigenvalue weighted by Crippen LogP contribution is -2.33. The normalized spacial score (nSPS) is 14.1. The van der Waals surface area contributed by atoms with Gasteiger partial charge in [0.15, 0.2) is 6.10 Å². The molecule has 0 aliphatic carbocycles. The highest BCUT2D eigenvalue weighted by Crippen LogP contribution is 2.08. The zero-order valence-electron chi connectivity index (χ0n) is 7.67. The van der Waals surface area contributed by atoms with Crippen LogP contribution in [0.1, 0.15) is 19.8 Å². The van der Waals surface area contributed by atoms with Gasteiger partial charge in [-0.15, -0.1) is 0 Å². The molecular formula is C7H13N3O3. The van der Waals surface area contributed by atoms with E-state index in [1.54, 1.807) is 0 Å². The highest BCUT2D eigenvalue weighted by Gasteiger charge is 2.24. The molecule has 0 aromatic rings. The Hall–Kier alpha value is -1.26. The second-order valence-corrected chi connectivity index (χ2v) is 2.53. The number of rotatable bonds is 5. The van der Waals surface area contributed by atoms with Gasteiger partial charge in [-0.1, -0.05) is 18.5 Å². The molecule has 0 rings (SSSR count). The average molecular weight is 187 g/mol. The van der Waals surface area contributed by atoms with E-state index >= 15 is 0 Å². The van der Waals surface area contributed by atoms with E-state index in [0.29, 0.717) is 6.42 Å². The third kappa shape index (κ3) is 3.78. The predicted octanol–water partition coefficient (Wildman–Crippen LogP) is 0.999. The van der Waals surface area contributed by atoms with E-state index in [2.05, 4.69) is 14.8 Å². The Kier molecular flexibility index (Phi) is 5.67. The molecule has 6 heteroatoms. The maximum absolute atomic E-state index is 10.8. The maximum atomic E-state index is 10.8. The van der Waals surface area contributed by atoms with Gasteiger partial charge >= 0.3 is 5.97 Å². The van der Waals surface area contributed by atoms with Crippen molar-refractivity contribution >= 4 is 5.97 Å². The summed E-state index contributed by atoms with van der Waals surface area (Å²) in [5.74, 6) is -0.772. The van der Waals surface area contributed by atoms with Crippen molar-refractivity contribution < 1.29 is 14.6 Å². The minimum absolute atomic E-state index is 0.459. The first-order chi connectivity index (χ1) is 6.17. The largest absolute Gasteiger partial charge is 0.467 e. The van der Waals surface area contributed by atoms with E-state index in [9.17, 15) is 9.90 Å². The second-order valence-electron chi connectivity index (χ2n) is 2.53. The molecule has 6 nitrogen and oxygen atoms in total. The lowest BCUT2D eigenvalue weighted by Gasteiger charge is -2.14. The Labute approximate surface area is 76.1 Å². The average Bonchev–Trinajstić information content (AvgIpc) is 2.15. The first-order valence-electron chi connectivity index (χ1n) is 3.97. The number of ether oxygens (including phenoxy) is 1. The summed E-state index contributed by atoms with van der Waals surface area (Å²) in [6.45, 7) is 1.86. The summed E-state index contributed by atoms with van der Waals surface area (Å²) in [5, 5.41) is 12.6. The molecule has 1 N–H and O–H groups in total.